The van der Waals surface area contributed by atoms with Gasteiger partial charge >= 0.3 is 0 Å². The summed E-state index contributed by atoms with van der Waals surface area (Å²) < 4.78 is 0. The highest BCUT2D eigenvalue weighted by molar-refractivity contribution is 5.80. The average molecular weight is 312 g/mol. The minimum absolute atomic E-state index is 0.874. The van der Waals surface area contributed by atoms with Crippen LogP contribution in [-0.4, -0.2) is 20.2 Å². The average Bonchev–Trinajstić information content (AvgIpc) is 3.13. The van der Waals surface area contributed by atoms with E-state index in [1.165, 1.54) is 5.56 Å². The SMILES string of the molecule is Cc1ccccc1-c1cc(-c2cn[nH]c2-c2ccccn2)ccn1. The summed E-state index contributed by atoms with van der Waals surface area (Å²) in [6.45, 7) is 2.10. The molecule has 0 fully saturated rings. The van der Waals surface area contributed by atoms with E-state index >= 15 is 0 Å². The number of pyridine rings is 2. The van der Waals surface area contributed by atoms with E-state index in [2.05, 4.69) is 45.3 Å². The Morgan fingerprint density at radius 3 is 2.46 bits per heavy atom. The zero-order valence-corrected chi connectivity index (χ0v) is 13.3. The summed E-state index contributed by atoms with van der Waals surface area (Å²) in [6.07, 6.45) is 5.46. The van der Waals surface area contributed by atoms with Crippen molar-refractivity contribution in [1.29, 1.82) is 0 Å². The van der Waals surface area contributed by atoms with Gasteiger partial charge in [0, 0.05) is 23.5 Å². The minimum atomic E-state index is 0.874. The van der Waals surface area contributed by atoms with Crippen molar-refractivity contribution in [3.05, 3.63) is 78.8 Å². The van der Waals surface area contributed by atoms with Crippen LogP contribution in [0.2, 0.25) is 0 Å². The fraction of sp³-hybridized carbons (Fsp3) is 0.0500. The Kier molecular flexibility index (Phi) is 3.63. The van der Waals surface area contributed by atoms with Crippen LogP contribution in [0, 0.1) is 6.92 Å². The first-order valence-corrected chi connectivity index (χ1v) is 7.80. The summed E-state index contributed by atoms with van der Waals surface area (Å²) in [5.74, 6) is 0. The number of nitrogens with one attached hydrogen (secondary N) is 1. The zero-order chi connectivity index (χ0) is 16.4. The van der Waals surface area contributed by atoms with E-state index in [9.17, 15) is 0 Å². The molecule has 0 radical (unpaired) electrons. The fourth-order valence-electron chi connectivity index (χ4n) is 2.82. The molecule has 4 aromatic rings. The maximum atomic E-state index is 4.54. The van der Waals surface area contributed by atoms with E-state index in [-0.39, 0.29) is 0 Å². The molecule has 4 rings (SSSR count). The summed E-state index contributed by atoms with van der Waals surface area (Å²) in [7, 11) is 0. The van der Waals surface area contributed by atoms with Crippen LogP contribution in [0.25, 0.3) is 33.8 Å². The molecule has 0 saturated heterocycles. The summed E-state index contributed by atoms with van der Waals surface area (Å²) >= 11 is 0. The second-order valence-electron chi connectivity index (χ2n) is 5.62. The lowest BCUT2D eigenvalue weighted by Gasteiger charge is -2.08. The van der Waals surface area contributed by atoms with Gasteiger partial charge in [-0.05, 0) is 42.3 Å². The highest BCUT2D eigenvalue weighted by atomic mass is 15.1. The van der Waals surface area contributed by atoms with E-state index in [0.29, 0.717) is 0 Å². The van der Waals surface area contributed by atoms with Crippen molar-refractivity contribution in [1.82, 2.24) is 20.2 Å². The first-order valence-electron chi connectivity index (χ1n) is 7.80. The highest BCUT2D eigenvalue weighted by Gasteiger charge is 2.12. The van der Waals surface area contributed by atoms with Gasteiger partial charge in [-0.25, -0.2) is 0 Å². The number of nitrogens with zero attached hydrogens (tertiary/aromatic N) is 3. The van der Waals surface area contributed by atoms with Crippen LogP contribution in [0.5, 0.6) is 0 Å². The monoisotopic (exact) mass is 312 g/mol. The Labute approximate surface area is 140 Å². The molecule has 0 atom stereocenters. The van der Waals surface area contributed by atoms with Gasteiger partial charge in [-0.2, -0.15) is 5.10 Å². The van der Waals surface area contributed by atoms with Crippen LogP contribution in [-0.2, 0) is 0 Å². The van der Waals surface area contributed by atoms with Gasteiger partial charge in [-0.3, -0.25) is 15.1 Å². The molecule has 1 N–H and O–H groups in total. The van der Waals surface area contributed by atoms with Crippen molar-refractivity contribution in [3.63, 3.8) is 0 Å². The quantitative estimate of drug-likeness (QED) is 0.605. The molecule has 116 valence electrons. The van der Waals surface area contributed by atoms with E-state index in [1.54, 1.807) is 6.20 Å². The standard InChI is InChI=1S/C20H16N4/c1-14-6-2-3-7-16(14)19-12-15(9-11-22-19)17-13-23-24-20(17)18-8-4-5-10-21-18/h2-13H,1H3,(H,23,24). The maximum absolute atomic E-state index is 4.54. The molecule has 0 aliphatic rings. The third-order valence-corrected chi connectivity index (χ3v) is 4.05. The number of hydrogen-bond donors (Lipinski definition) is 1. The van der Waals surface area contributed by atoms with Crippen LogP contribution < -0.4 is 0 Å². The van der Waals surface area contributed by atoms with Crippen molar-refractivity contribution in [2.75, 3.05) is 0 Å². The number of rotatable bonds is 3. The topological polar surface area (TPSA) is 54.5 Å². The molecule has 3 heterocycles. The molecular formula is C20H16N4. The summed E-state index contributed by atoms with van der Waals surface area (Å²) in [5.41, 5.74) is 7.18. The van der Waals surface area contributed by atoms with Crippen LogP contribution in [0.4, 0.5) is 0 Å². The molecule has 1 aromatic carbocycles. The first kappa shape index (κ1) is 14.3. The van der Waals surface area contributed by atoms with Crippen LogP contribution in [0.1, 0.15) is 5.56 Å². The lowest BCUT2D eigenvalue weighted by Crippen LogP contribution is -1.89. The largest absolute Gasteiger partial charge is 0.276 e. The van der Waals surface area contributed by atoms with Crippen molar-refractivity contribution in [3.8, 4) is 33.8 Å². The predicted octanol–water partition coefficient (Wildman–Crippen LogP) is 4.51. The highest BCUT2D eigenvalue weighted by Crippen LogP contribution is 2.31. The molecule has 0 unspecified atom stereocenters. The maximum Gasteiger partial charge on any atom is 0.0912 e. The molecule has 0 bridgehead atoms. The molecule has 0 amide bonds. The minimum Gasteiger partial charge on any atom is -0.276 e. The van der Waals surface area contributed by atoms with Gasteiger partial charge in [0.25, 0.3) is 0 Å². The van der Waals surface area contributed by atoms with Crippen molar-refractivity contribution in [2.24, 2.45) is 0 Å². The third kappa shape index (κ3) is 2.58. The van der Waals surface area contributed by atoms with Gasteiger partial charge in [0.2, 0.25) is 0 Å². The van der Waals surface area contributed by atoms with Crippen molar-refractivity contribution >= 4 is 0 Å². The lowest BCUT2D eigenvalue weighted by atomic mass is 10.0. The second kappa shape index (κ2) is 6.08. The Hall–Kier alpha value is -3.27. The molecule has 4 heteroatoms. The van der Waals surface area contributed by atoms with E-state index < -0.39 is 0 Å². The Balaban J connectivity index is 1.81. The lowest BCUT2D eigenvalue weighted by molar-refractivity contribution is 1.09. The molecule has 0 saturated carbocycles. The smallest absolute Gasteiger partial charge is 0.0912 e. The van der Waals surface area contributed by atoms with Gasteiger partial charge in [0.15, 0.2) is 0 Å². The number of aromatic nitrogens is 4. The molecule has 0 aliphatic heterocycles. The zero-order valence-electron chi connectivity index (χ0n) is 13.3. The van der Waals surface area contributed by atoms with Gasteiger partial charge in [0.05, 0.1) is 23.3 Å². The predicted molar refractivity (Wildman–Crippen MR) is 95.2 cm³/mol. The van der Waals surface area contributed by atoms with Gasteiger partial charge in [-0.15, -0.1) is 0 Å². The molecule has 24 heavy (non-hydrogen) atoms. The second-order valence-corrected chi connectivity index (χ2v) is 5.62. The van der Waals surface area contributed by atoms with E-state index in [4.69, 9.17) is 0 Å². The molecule has 3 aromatic heterocycles. The molecule has 0 aliphatic carbocycles. The van der Waals surface area contributed by atoms with Gasteiger partial charge < -0.3 is 0 Å². The van der Waals surface area contributed by atoms with Gasteiger partial charge in [-0.1, -0.05) is 30.3 Å². The number of aromatic amines is 1. The Morgan fingerprint density at radius 2 is 1.62 bits per heavy atom. The normalized spacial score (nSPS) is 10.7. The van der Waals surface area contributed by atoms with Crippen LogP contribution >= 0.6 is 0 Å². The number of hydrogen-bond acceptors (Lipinski definition) is 3. The fourth-order valence-corrected chi connectivity index (χ4v) is 2.82. The van der Waals surface area contributed by atoms with Crippen LogP contribution in [0.3, 0.4) is 0 Å². The molecule has 0 spiro atoms. The third-order valence-electron chi connectivity index (χ3n) is 4.05. The summed E-state index contributed by atoms with van der Waals surface area (Å²) in [4.78, 5) is 8.95. The summed E-state index contributed by atoms with van der Waals surface area (Å²) in [6, 6.07) is 18.2. The number of benzene rings is 1. The molecular weight excluding hydrogens is 296 g/mol. The summed E-state index contributed by atoms with van der Waals surface area (Å²) in [5, 5.41) is 7.27. The van der Waals surface area contributed by atoms with E-state index in [1.807, 2.05) is 48.8 Å². The van der Waals surface area contributed by atoms with Crippen molar-refractivity contribution < 1.29 is 0 Å². The van der Waals surface area contributed by atoms with Gasteiger partial charge in [0.1, 0.15) is 0 Å². The Morgan fingerprint density at radius 1 is 0.792 bits per heavy atom. The number of H-pyrrole nitrogens is 1. The molecule has 4 nitrogen and oxygen atoms in total. The Bertz CT molecular complexity index is 974. The van der Waals surface area contributed by atoms with Crippen molar-refractivity contribution in [2.45, 2.75) is 6.92 Å². The number of aryl methyl sites for hydroxylation is 1. The van der Waals surface area contributed by atoms with E-state index in [0.717, 1.165) is 33.8 Å². The first-order chi connectivity index (χ1) is 11.8. The van der Waals surface area contributed by atoms with Crippen LogP contribution in [0.15, 0.2) is 73.2 Å².